The van der Waals surface area contributed by atoms with Crippen molar-refractivity contribution in [1.82, 2.24) is 9.62 Å². The fourth-order valence-electron chi connectivity index (χ4n) is 4.26. The smallest absolute Gasteiger partial charge is 0.338 e. The van der Waals surface area contributed by atoms with Crippen molar-refractivity contribution in [3.63, 3.8) is 0 Å². The van der Waals surface area contributed by atoms with E-state index in [0.29, 0.717) is 0 Å². The first kappa shape index (κ1) is 21.3. The van der Waals surface area contributed by atoms with Gasteiger partial charge in [0.1, 0.15) is 0 Å². The van der Waals surface area contributed by atoms with Crippen LogP contribution in [0.4, 0.5) is 0 Å². The third-order valence-electron chi connectivity index (χ3n) is 5.81. The molecule has 1 aliphatic heterocycles. The molecule has 0 spiro atoms. The van der Waals surface area contributed by atoms with E-state index in [-0.39, 0.29) is 23.1 Å². The van der Waals surface area contributed by atoms with Crippen LogP contribution in [0.25, 0.3) is 0 Å². The summed E-state index contributed by atoms with van der Waals surface area (Å²) < 4.78 is 33.3. The van der Waals surface area contributed by atoms with Gasteiger partial charge in [0.2, 0.25) is 10.0 Å². The minimum Gasteiger partial charge on any atom is -0.462 e. The minimum atomic E-state index is -3.65. The van der Waals surface area contributed by atoms with Gasteiger partial charge < -0.3 is 9.64 Å². The molecule has 1 aromatic rings. The number of piperidine rings is 1. The van der Waals surface area contributed by atoms with Crippen LogP contribution in [0.1, 0.15) is 62.2 Å². The van der Waals surface area contributed by atoms with Crippen LogP contribution < -0.4 is 4.72 Å². The monoisotopic (exact) mass is 408 g/mol. The van der Waals surface area contributed by atoms with Crippen LogP contribution in [-0.4, -0.2) is 51.6 Å². The predicted molar refractivity (Wildman–Crippen MR) is 109 cm³/mol. The zero-order valence-electron chi connectivity index (χ0n) is 16.7. The lowest BCUT2D eigenvalue weighted by molar-refractivity contribution is 0.0526. The highest BCUT2D eigenvalue weighted by molar-refractivity contribution is 7.89. The molecule has 3 rings (SSSR count). The van der Waals surface area contributed by atoms with Gasteiger partial charge in [-0.1, -0.05) is 25.3 Å². The molecule has 0 unspecified atom stereocenters. The molecule has 1 aliphatic carbocycles. The molecule has 6 nitrogen and oxygen atoms in total. The van der Waals surface area contributed by atoms with Crippen LogP contribution in [0.5, 0.6) is 0 Å². The first-order chi connectivity index (χ1) is 13.5. The molecule has 156 valence electrons. The third kappa shape index (κ3) is 5.78. The predicted octanol–water partition coefficient (Wildman–Crippen LogP) is 3.19. The Bertz CT molecular complexity index is 751. The number of likely N-dealkylation sites (tertiary alicyclic amines) is 1. The zero-order valence-corrected chi connectivity index (χ0v) is 17.5. The van der Waals surface area contributed by atoms with E-state index in [0.717, 1.165) is 38.4 Å². The van der Waals surface area contributed by atoms with Crippen molar-refractivity contribution in [2.75, 3.05) is 26.2 Å². The minimum absolute atomic E-state index is 0.0566. The molecule has 2 aliphatic rings. The summed E-state index contributed by atoms with van der Waals surface area (Å²) in [6.07, 6.45) is 8.40. The van der Waals surface area contributed by atoms with Crippen molar-refractivity contribution in [2.45, 2.75) is 62.8 Å². The number of ether oxygens (including phenoxy) is 1. The molecule has 7 heteroatoms. The fraction of sp³-hybridized carbons (Fsp3) is 0.667. The maximum atomic E-state index is 12.8. The lowest BCUT2D eigenvalue weighted by atomic mass is 9.88. The molecule has 0 atom stereocenters. The van der Waals surface area contributed by atoms with E-state index >= 15 is 0 Å². The second kappa shape index (κ2) is 9.85. The Hall–Kier alpha value is -1.44. The molecule has 2 fully saturated rings. The quantitative estimate of drug-likeness (QED) is 0.701. The Balaban J connectivity index is 1.53. The number of esters is 1. The average molecular weight is 409 g/mol. The van der Waals surface area contributed by atoms with E-state index in [1.54, 1.807) is 19.1 Å². The van der Waals surface area contributed by atoms with Gasteiger partial charge >= 0.3 is 5.97 Å². The van der Waals surface area contributed by atoms with E-state index in [4.69, 9.17) is 4.74 Å². The van der Waals surface area contributed by atoms with Gasteiger partial charge in [-0.2, -0.15) is 0 Å². The first-order valence-corrected chi connectivity index (χ1v) is 12.0. The van der Waals surface area contributed by atoms with Gasteiger partial charge in [-0.15, -0.1) is 0 Å². The van der Waals surface area contributed by atoms with E-state index in [2.05, 4.69) is 9.62 Å². The highest BCUT2D eigenvalue weighted by Gasteiger charge is 2.26. The third-order valence-corrected chi connectivity index (χ3v) is 7.32. The summed E-state index contributed by atoms with van der Waals surface area (Å²) in [4.78, 5) is 14.5. The lowest BCUT2D eigenvalue weighted by Gasteiger charge is -2.35. The number of carbonyl (C=O) groups is 1. The highest BCUT2D eigenvalue weighted by atomic mass is 32.2. The summed E-state index contributed by atoms with van der Waals surface area (Å²) in [5.41, 5.74) is 0.257. The van der Waals surface area contributed by atoms with Crippen LogP contribution in [0.2, 0.25) is 0 Å². The number of nitrogens with zero attached hydrogens (tertiary/aromatic N) is 1. The van der Waals surface area contributed by atoms with Crippen molar-refractivity contribution in [2.24, 2.45) is 5.92 Å². The first-order valence-electron chi connectivity index (χ1n) is 10.5. The number of hydrogen-bond donors (Lipinski definition) is 1. The van der Waals surface area contributed by atoms with E-state index in [1.807, 2.05) is 0 Å². The molecule has 0 aromatic heterocycles. The summed E-state index contributed by atoms with van der Waals surface area (Å²) in [5, 5.41) is 0. The summed E-state index contributed by atoms with van der Waals surface area (Å²) in [6, 6.07) is 6.00. The second-order valence-corrected chi connectivity index (χ2v) is 9.66. The number of benzene rings is 1. The Kier molecular flexibility index (Phi) is 7.48. The van der Waals surface area contributed by atoms with Crippen LogP contribution in [0, 0.1) is 5.92 Å². The van der Waals surface area contributed by atoms with Gasteiger partial charge in [-0.25, -0.2) is 17.9 Å². The Morgan fingerprint density at radius 3 is 2.54 bits per heavy atom. The normalized spacial score (nSPS) is 20.2. The van der Waals surface area contributed by atoms with Crippen molar-refractivity contribution in [1.29, 1.82) is 0 Å². The molecule has 1 aromatic carbocycles. The van der Waals surface area contributed by atoms with Gasteiger partial charge in [-0.05, 0) is 69.8 Å². The van der Waals surface area contributed by atoms with Crippen molar-refractivity contribution < 1.29 is 17.9 Å². The standard InChI is InChI=1S/C21H32N2O4S/c1-2-27-21(24)18-9-6-10-20(15-18)28(25,26)22-19-11-13-23(14-12-19)16-17-7-4-3-5-8-17/h6,9-10,15,17,19,22H,2-5,7-8,11-14,16H2,1H3. The Morgan fingerprint density at radius 2 is 1.86 bits per heavy atom. The second-order valence-electron chi connectivity index (χ2n) is 7.95. The Labute approximate surface area is 168 Å². The Morgan fingerprint density at radius 1 is 1.14 bits per heavy atom. The number of nitrogens with one attached hydrogen (secondary N) is 1. The van der Waals surface area contributed by atoms with Gasteiger partial charge in [0.05, 0.1) is 17.1 Å². The summed E-state index contributed by atoms with van der Waals surface area (Å²) in [6.45, 7) is 5.01. The maximum Gasteiger partial charge on any atom is 0.338 e. The summed E-state index contributed by atoms with van der Waals surface area (Å²) >= 11 is 0. The largest absolute Gasteiger partial charge is 0.462 e. The molecule has 0 bridgehead atoms. The SMILES string of the molecule is CCOC(=O)c1cccc(S(=O)(=O)NC2CCN(CC3CCCCC3)CC2)c1. The van der Waals surface area contributed by atoms with Gasteiger partial charge in [0, 0.05) is 12.6 Å². The number of hydrogen-bond acceptors (Lipinski definition) is 5. The summed E-state index contributed by atoms with van der Waals surface area (Å²) in [7, 11) is -3.65. The highest BCUT2D eigenvalue weighted by Crippen LogP contribution is 2.25. The van der Waals surface area contributed by atoms with Gasteiger partial charge in [-0.3, -0.25) is 0 Å². The van der Waals surface area contributed by atoms with Crippen molar-refractivity contribution in [3.8, 4) is 0 Å². The molecule has 28 heavy (non-hydrogen) atoms. The van der Waals surface area contributed by atoms with E-state index < -0.39 is 16.0 Å². The molecule has 1 heterocycles. The van der Waals surface area contributed by atoms with Crippen LogP contribution >= 0.6 is 0 Å². The van der Waals surface area contributed by atoms with Gasteiger partial charge in [0.25, 0.3) is 0 Å². The lowest BCUT2D eigenvalue weighted by Crippen LogP contribution is -2.45. The molecule has 0 amide bonds. The molecular weight excluding hydrogens is 376 g/mol. The summed E-state index contributed by atoms with van der Waals surface area (Å²) in [5.74, 6) is 0.308. The van der Waals surface area contributed by atoms with Crippen LogP contribution in [-0.2, 0) is 14.8 Å². The van der Waals surface area contributed by atoms with Crippen molar-refractivity contribution >= 4 is 16.0 Å². The number of rotatable bonds is 7. The molecule has 1 saturated heterocycles. The molecule has 1 saturated carbocycles. The van der Waals surface area contributed by atoms with Crippen molar-refractivity contribution in [3.05, 3.63) is 29.8 Å². The molecule has 0 radical (unpaired) electrons. The zero-order chi connectivity index (χ0) is 20.0. The molecule has 1 N–H and O–H groups in total. The van der Waals surface area contributed by atoms with Gasteiger partial charge in [0.15, 0.2) is 0 Å². The topological polar surface area (TPSA) is 75.7 Å². The maximum absolute atomic E-state index is 12.8. The van der Waals surface area contributed by atoms with Crippen LogP contribution in [0.3, 0.4) is 0 Å². The molecular formula is C21H32N2O4S. The fourth-order valence-corrected chi connectivity index (χ4v) is 5.61. The number of carbonyl (C=O) groups excluding carboxylic acids is 1. The van der Waals surface area contributed by atoms with Crippen LogP contribution in [0.15, 0.2) is 29.2 Å². The average Bonchev–Trinajstić information content (AvgIpc) is 2.70. The van der Waals surface area contributed by atoms with E-state index in [1.165, 1.54) is 44.2 Å². The van der Waals surface area contributed by atoms with E-state index in [9.17, 15) is 13.2 Å². The number of sulfonamides is 1.